The summed E-state index contributed by atoms with van der Waals surface area (Å²) in [4.78, 5) is 0. The zero-order chi connectivity index (χ0) is 10.4. The first kappa shape index (κ1) is 9.46. The molecule has 2 aliphatic carbocycles. The van der Waals surface area contributed by atoms with Crippen molar-refractivity contribution < 1.29 is 0 Å². The van der Waals surface area contributed by atoms with Gasteiger partial charge in [0, 0.05) is 30.5 Å². The smallest absolute Gasteiger partial charge is 0.0343 e. The number of aryl methyl sites for hydroxylation is 1. The Hall–Kier alpha value is -0.760. The van der Waals surface area contributed by atoms with E-state index in [-0.39, 0.29) is 0 Å². The fourth-order valence-electron chi connectivity index (χ4n) is 2.52. The summed E-state index contributed by atoms with van der Waals surface area (Å²) < 4.78 is 2.35. The maximum Gasteiger partial charge on any atom is 0.0343 e. The molecule has 2 heteroatoms. The Kier molecular flexibility index (Phi) is 2.13. The van der Waals surface area contributed by atoms with E-state index in [1.165, 1.54) is 25.7 Å². The van der Waals surface area contributed by atoms with E-state index >= 15 is 0 Å². The number of fused-ring (bicyclic) bond motifs is 1. The van der Waals surface area contributed by atoms with Gasteiger partial charge >= 0.3 is 0 Å². The van der Waals surface area contributed by atoms with Crippen molar-refractivity contribution in [3.8, 4) is 0 Å². The molecule has 1 fully saturated rings. The Balaban J connectivity index is 1.81. The van der Waals surface area contributed by atoms with E-state index in [4.69, 9.17) is 0 Å². The van der Waals surface area contributed by atoms with Crippen LogP contribution in [-0.4, -0.2) is 10.6 Å². The largest absolute Gasteiger partial charge is 0.351 e. The monoisotopic (exact) mass is 204 g/mol. The minimum Gasteiger partial charge on any atom is -0.351 e. The van der Waals surface area contributed by atoms with Crippen LogP contribution in [0.5, 0.6) is 0 Å². The van der Waals surface area contributed by atoms with Crippen LogP contribution in [0.4, 0.5) is 0 Å². The normalized spacial score (nSPS) is 24.9. The molecule has 82 valence electrons. The van der Waals surface area contributed by atoms with Crippen molar-refractivity contribution in [2.24, 2.45) is 0 Å². The van der Waals surface area contributed by atoms with E-state index in [9.17, 15) is 0 Å². The van der Waals surface area contributed by atoms with Gasteiger partial charge in [-0.1, -0.05) is 0 Å². The summed E-state index contributed by atoms with van der Waals surface area (Å²) in [5.74, 6) is 0. The van der Waals surface area contributed by atoms with E-state index in [0.717, 1.165) is 6.04 Å². The first-order valence-corrected chi connectivity index (χ1v) is 6.20. The summed E-state index contributed by atoms with van der Waals surface area (Å²) in [5, 5.41) is 3.75. The summed E-state index contributed by atoms with van der Waals surface area (Å²) >= 11 is 0. The van der Waals surface area contributed by atoms with Crippen LogP contribution in [0, 0.1) is 0 Å². The topological polar surface area (TPSA) is 17.0 Å². The van der Waals surface area contributed by atoms with Crippen LogP contribution in [0.15, 0.2) is 12.4 Å². The van der Waals surface area contributed by atoms with Crippen LogP contribution < -0.4 is 5.32 Å². The molecule has 0 saturated heterocycles. The molecule has 1 unspecified atom stereocenters. The van der Waals surface area contributed by atoms with Gasteiger partial charge in [0.2, 0.25) is 0 Å². The second kappa shape index (κ2) is 3.38. The summed E-state index contributed by atoms with van der Waals surface area (Å²) in [6, 6.07) is 2.06. The number of nitrogens with zero attached hydrogens (tertiary/aromatic N) is 1. The third-order valence-corrected chi connectivity index (χ3v) is 3.65. The van der Waals surface area contributed by atoms with E-state index in [2.05, 4.69) is 36.1 Å². The fourth-order valence-corrected chi connectivity index (χ4v) is 2.52. The highest BCUT2D eigenvalue weighted by molar-refractivity contribution is 5.33. The molecular formula is C13H20N2. The molecule has 0 spiro atoms. The van der Waals surface area contributed by atoms with Gasteiger partial charge in [0.25, 0.3) is 0 Å². The zero-order valence-electron chi connectivity index (χ0n) is 9.66. The number of hydrogen-bond donors (Lipinski definition) is 1. The van der Waals surface area contributed by atoms with Crippen LogP contribution in [0.3, 0.4) is 0 Å². The van der Waals surface area contributed by atoms with Crippen LogP contribution in [0.25, 0.3) is 0 Å². The molecule has 1 aromatic rings. The average Bonchev–Trinajstić information content (AvgIpc) is 2.76. The summed E-state index contributed by atoms with van der Waals surface area (Å²) in [5.41, 5.74) is 3.14. The summed E-state index contributed by atoms with van der Waals surface area (Å²) in [6.45, 7) is 4.50. The van der Waals surface area contributed by atoms with Gasteiger partial charge in [-0.3, -0.25) is 0 Å². The van der Waals surface area contributed by atoms with Gasteiger partial charge in [-0.25, -0.2) is 0 Å². The summed E-state index contributed by atoms with van der Waals surface area (Å²) in [6.07, 6.45) is 10.0. The lowest BCUT2D eigenvalue weighted by Crippen LogP contribution is -2.21. The number of hydrogen-bond acceptors (Lipinski definition) is 1. The van der Waals surface area contributed by atoms with E-state index < -0.39 is 0 Å². The lowest BCUT2D eigenvalue weighted by atomic mass is 10.2. The van der Waals surface area contributed by atoms with E-state index in [1.807, 2.05) is 0 Å². The van der Waals surface area contributed by atoms with Crippen molar-refractivity contribution in [2.45, 2.75) is 57.7 Å². The van der Waals surface area contributed by atoms with Crippen molar-refractivity contribution in [1.82, 2.24) is 9.88 Å². The van der Waals surface area contributed by atoms with Crippen LogP contribution in [0.1, 0.15) is 56.3 Å². The SMILES string of the molecule is CC(C)n1cc2c(c1)C(NC1CC1)CC2. The number of rotatable bonds is 3. The maximum absolute atomic E-state index is 3.75. The molecule has 1 N–H and O–H groups in total. The van der Waals surface area contributed by atoms with Gasteiger partial charge in [-0.05, 0) is 50.7 Å². The van der Waals surface area contributed by atoms with Crippen molar-refractivity contribution in [1.29, 1.82) is 0 Å². The van der Waals surface area contributed by atoms with Crippen molar-refractivity contribution >= 4 is 0 Å². The van der Waals surface area contributed by atoms with Gasteiger partial charge in [0.1, 0.15) is 0 Å². The highest BCUT2D eigenvalue weighted by atomic mass is 15.0. The average molecular weight is 204 g/mol. The lowest BCUT2D eigenvalue weighted by Gasteiger charge is -2.13. The van der Waals surface area contributed by atoms with Gasteiger partial charge in [-0.2, -0.15) is 0 Å². The van der Waals surface area contributed by atoms with Crippen LogP contribution in [-0.2, 0) is 6.42 Å². The Bertz CT molecular complexity index is 361. The predicted molar refractivity (Wildman–Crippen MR) is 62.0 cm³/mol. The third-order valence-electron chi connectivity index (χ3n) is 3.65. The molecule has 1 atom stereocenters. The molecule has 15 heavy (non-hydrogen) atoms. The van der Waals surface area contributed by atoms with Crippen molar-refractivity contribution in [2.75, 3.05) is 0 Å². The predicted octanol–water partition coefficient (Wildman–Crippen LogP) is 2.81. The molecule has 1 aromatic heterocycles. The Morgan fingerprint density at radius 3 is 2.73 bits per heavy atom. The van der Waals surface area contributed by atoms with Gasteiger partial charge < -0.3 is 9.88 Å². The van der Waals surface area contributed by atoms with Crippen molar-refractivity contribution in [3.05, 3.63) is 23.5 Å². The molecule has 0 aliphatic heterocycles. The minimum absolute atomic E-state index is 0.595. The molecule has 3 rings (SSSR count). The lowest BCUT2D eigenvalue weighted by molar-refractivity contribution is 0.518. The molecule has 2 aliphatic rings. The Labute approximate surface area is 91.7 Å². The number of nitrogens with one attached hydrogen (secondary N) is 1. The molecule has 0 bridgehead atoms. The molecule has 2 nitrogen and oxygen atoms in total. The first-order valence-electron chi connectivity index (χ1n) is 6.20. The van der Waals surface area contributed by atoms with E-state index in [1.54, 1.807) is 11.1 Å². The standard InChI is InChI=1S/C13H20N2/c1-9(2)15-7-10-3-6-13(12(10)8-15)14-11-4-5-11/h7-9,11,13-14H,3-6H2,1-2H3. The van der Waals surface area contributed by atoms with Gasteiger partial charge in [0.15, 0.2) is 0 Å². The second-order valence-corrected chi connectivity index (χ2v) is 5.31. The highest BCUT2D eigenvalue weighted by Gasteiger charge is 2.30. The number of aromatic nitrogens is 1. The molecule has 1 heterocycles. The van der Waals surface area contributed by atoms with E-state index in [0.29, 0.717) is 12.1 Å². The minimum atomic E-state index is 0.595. The molecular weight excluding hydrogens is 184 g/mol. The van der Waals surface area contributed by atoms with Crippen LogP contribution in [0.2, 0.25) is 0 Å². The van der Waals surface area contributed by atoms with Gasteiger partial charge in [-0.15, -0.1) is 0 Å². The Morgan fingerprint density at radius 2 is 2.07 bits per heavy atom. The fraction of sp³-hybridized carbons (Fsp3) is 0.692. The third kappa shape index (κ3) is 1.71. The molecule has 0 aromatic carbocycles. The van der Waals surface area contributed by atoms with Crippen molar-refractivity contribution in [3.63, 3.8) is 0 Å². The maximum atomic E-state index is 3.75. The molecule has 0 radical (unpaired) electrons. The second-order valence-electron chi connectivity index (χ2n) is 5.31. The van der Waals surface area contributed by atoms with Gasteiger partial charge in [0.05, 0.1) is 0 Å². The summed E-state index contributed by atoms with van der Waals surface area (Å²) in [7, 11) is 0. The quantitative estimate of drug-likeness (QED) is 0.801. The zero-order valence-corrected chi connectivity index (χ0v) is 9.66. The Morgan fingerprint density at radius 1 is 1.27 bits per heavy atom. The molecule has 0 amide bonds. The first-order chi connectivity index (χ1) is 7.24. The van der Waals surface area contributed by atoms with Crippen LogP contribution >= 0.6 is 0 Å². The highest BCUT2D eigenvalue weighted by Crippen LogP contribution is 2.35. The molecule has 1 saturated carbocycles.